The molecule has 0 saturated heterocycles. The lowest BCUT2D eigenvalue weighted by atomic mass is 9.87. The summed E-state index contributed by atoms with van der Waals surface area (Å²) in [5.74, 6) is 0.461. The summed E-state index contributed by atoms with van der Waals surface area (Å²) in [7, 11) is 0. The van der Waals surface area contributed by atoms with E-state index in [9.17, 15) is 4.79 Å². The fraction of sp³-hybridized carbons (Fsp3) is 0.375. The minimum atomic E-state index is -1.09. The Bertz CT molecular complexity index is 642. The largest absolute Gasteiger partial charge is 0.465 e. The molecule has 2 aromatic rings. The first-order valence-corrected chi connectivity index (χ1v) is 7.01. The lowest BCUT2D eigenvalue weighted by Crippen LogP contribution is -2.16. The molecule has 0 unspecified atom stereocenters. The average molecular weight is 287 g/mol. The molecular weight excluding hydrogens is 266 g/mol. The van der Waals surface area contributed by atoms with Crippen molar-refractivity contribution >= 4 is 11.9 Å². The molecule has 0 spiro atoms. The second kappa shape index (κ2) is 5.60. The van der Waals surface area contributed by atoms with Crippen molar-refractivity contribution in [2.24, 2.45) is 0 Å². The molecule has 0 aliphatic carbocycles. The Labute approximate surface area is 124 Å². The molecule has 0 saturated carbocycles. The number of carboxylic acid groups (broad SMARTS) is 1. The monoisotopic (exact) mass is 287 g/mol. The van der Waals surface area contributed by atoms with Crippen molar-refractivity contribution in [3.63, 3.8) is 0 Å². The van der Waals surface area contributed by atoms with Crippen LogP contribution in [-0.2, 0) is 5.41 Å². The number of benzene rings is 1. The zero-order valence-electron chi connectivity index (χ0n) is 12.8. The van der Waals surface area contributed by atoms with Gasteiger partial charge in [0, 0.05) is 11.5 Å². The number of rotatable bonds is 4. The summed E-state index contributed by atoms with van der Waals surface area (Å²) < 4.78 is 1.64. The van der Waals surface area contributed by atoms with Crippen LogP contribution in [0.4, 0.5) is 10.6 Å². The highest BCUT2D eigenvalue weighted by atomic mass is 16.4. The molecule has 0 atom stereocenters. The Hall–Kier alpha value is -2.30. The van der Waals surface area contributed by atoms with Crippen LogP contribution in [0.1, 0.15) is 38.4 Å². The molecule has 1 amide bonds. The third-order valence-electron chi connectivity index (χ3n) is 3.80. The van der Waals surface area contributed by atoms with E-state index in [4.69, 9.17) is 5.11 Å². The van der Waals surface area contributed by atoms with Crippen LogP contribution in [0.3, 0.4) is 0 Å². The first-order chi connectivity index (χ1) is 9.83. The molecule has 112 valence electrons. The molecule has 5 heteroatoms. The van der Waals surface area contributed by atoms with Crippen LogP contribution in [-0.4, -0.2) is 21.0 Å². The second-order valence-corrected chi connectivity index (χ2v) is 5.83. The van der Waals surface area contributed by atoms with Crippen molar-refractivity contribution in [1.82, 2.24) is 9.78 Å². The van der Waals surface area contributed by atoms with Gasteiger partial charge in [-0.25, -0.2) is 9.48 Å². The number of carbonyl (C=O) groups is 1. The number of hydrogen-bond donors (Lipinski definition) is 2. The zero-order chi connectivity index (χ0) is 15.6. The first kappa shape index (κ1) is 15.1. The summed E-state index contributed by atoms with van der Waals surface area (Å²) in [4.78, 5) is 11.0. The molecule has 2 rings (SSSR count). The van der Waals surface area contributed by atoms with Crippen molar-refractivity contribution in [1.29, 1.82) is 0 Å². The van der Waals surface area contributed by atoms with Gasteiger partial charge >= 0.3 is 6.09 Å². The Morgan fingerprint density at radius 2 is 1.95 bits per heavy atom. The number of nitrogens with zero attached hydrogens (tertiary/aromatic N) is 2. The first-order valence-electron chi connectivity index (χ1n) is 7.01. The van der Waals surface area contributed by atoms with E-state index in [0.29, 0.717) is 5.82 Å². The van der Waals surface area contributed by atoms with E-state index in [2.05, 4.69) is 31.2 Å². The molecule has 1 heterocycles. The van der Waals surface area contributed by atoms with Crippen molar-refractivity contribution in [2.75, 3.05) is 5.32 Å². The minimum Gasteiger partial charge on any atom is -0.465 e. The molecule has 0 aliphatic rings. The average Bonchev–Trinajstić information content (AvgIpc) is 2.83. The number of nitrogens with one attached hydrogen (secondary N) is 1. The molecule has 1 aromatic carbocycles. The molecule has 21 heavy (non-hydrogen) atoms. The van der Waals surface area contributed by atoms with Gasteiger partial charge in [-0.15, -0.1) is 0 Å². The zero-order valence-corrected chi connectivity index (χ0v) is 12.8. The predicted molar refractivity (Wildman–Crippen MR) is 83.3 cm³/mol. The van der Waals surface area contributed by atoms with Crippen LogP contribution in [0.25, 0.3) is 5.69 Å². The number of aromatic nitrogens is 2. The van der Waals surface area contributed by atoms with Gasteiger partial charge < -0.3 is 5.11 Å². The molecule has 0 aliphatic heterocycles. The van der Waals surface area contributed by atoms with Crippen LogP contribution in [0.5, 0.6) is 0 Å². The molecule has 5 nitrogen and oxygen atoms in total. The maximum Gasteiger partial charge on any atom is 0.410 e. The van der Waals surface area contributed by atoms with Crippen molar-refractivity contribution in [3.05, 3.63) is 41.6 Å². The normalized spacial score (nSPS) is 11.4. The summed E-state index contributed by atoms with van der Waals surface area (Å²) >= 11 is 0. The van der Waals surface area contributed by atoms with Gasteiger partial charge in [0.1, 0.15) is 5.82 Å². The Balaban J connectivity index is 2.52. The minimum absolute atomic E-state index is 0.106. The number of aryl methyl sites for hydroxylation is 1. The van der Waals surface area contributed by atoms with Gasteiger partial charge in [-0.05, 0) is 25.5 Å². The summed E-state index contributed by atoms with van der Waals surface area (Å²) in [5, 5.41) is 16.0. The van der Waals surface area contributed by atoms with Gasteiger partial charge in [0.2, 0.25) is 0 Å². The third kappa shape index (κ3) is 3.24. The van der Waals surface area contributed by atoms with Gasteiger partial charge in [-0.1, -0.05) is 38.5 Å². The van der Waals surface area contributed by atoms with Crippen molar-refractivity contribution in [3.8, 4) is 5.69 Å². The topological polar surface area (TPSA) is 67.2 Å². The summed E-state index contributed by atoms with van der Waals surface area (Å²) in [6, 6.07) is 9.62. The SMILES string of the molecule is CCC(C)(C)c1cc(NC(=O)O)n(-c2ccc(C)cc2)n1. The van der Waals surface area contributed by atoms with E-state index in [1.807, 2.05) is 31.2 Å². The number of hydrogen-bond acceptors (Lipinski definition) is 2. The van der Waals surface area contributed by atoms with Gasteiger partial charge in [0.15, 0.2) is 0 Å². The highest BCUT2D eigenvalue weighted by molar-refractivity contribution is 5.82. The van der Waals surface area contributed by atoms with E-state index in [1.165, 1.54) is 0 Å². The van der Waals surface area contributed by atoms with Gasteiger partial charge in [-0.3, -0.25) is 5.32 Å². The summed E-state index contributed by atoms with van der Waals surface area (Å²) in [6.07, 6.45) is -0.172. The lowest BCUT2D eigenvalue weighted by molar-refractivity contribution is 0.209. The Morgan fingerprint density at radius 3 is 2.48 bits per heavy atom. The summed E-state index contributed by atoms with van der Waals surface area (Å²) in [5.41, 5.74) is 2.75. The fourth-order valence-corrected chi connectivity index (χ4v) is 1.97. The standard InChI is InChI=1S/C16H21N3O2/c1-5-16(3,4)13-10-14(17-15(20)21)19(18-13)12-8-6-11(2)7-9-12/h6-10,17H,5H2,1-4H3,(H,20,21). The molecule has 1 aromatic heterocycles. The lowest BCUT2D eigenvalue weighted by Gasteiger charge is -2.19. The maximum atomic E-state index is 11.0. The molecular formula is C16H21N3O2. The highest BCUT2D eigenvalue weighted by Crippen LogP contribution is 2.29. The van der Waals surface area contributed by atoms with Crippen molar-refractivity contribution < 1.29 is 9.90 Å². The van der Waals surface area contributed by atoms with Crippen LogP contribution >= 0.6 is 0 Å². The maximum absolute atomic E-state index is 11.0. The van der Waals surface area contributed by atoms with Crippen molar-refractivity contribution in [2.45, 2.75) is 39.5 Å². The highest BCUT2D eigenvalue weighted by Gasteiger charge is 2.24. The molecule has 0 radical (unpaired) electrons. The number of anilines is 1. The number of amides is 1. The fourth-order valence-electron chi connectivity index (χ4n) is 1.97. The smallest absolute Gasteiger partial charge is 0.410 e. The van der Waals surface area contributed by atoms with E-state index < -0.39 is 6.09 Å². The molecule has 0 fully saturated rings. The van der Waals surface area contributed by atoms with Gasteiger partial charge in [0.25, 0.3) is 0 Å². The quantitative estimate of drug-likeness (QED) is 0.894. The third-order valence-corrected chi connectivity index (χ3v) is 3.80. The van der Waals surface area contributed by atoms with E-state index in [1.54, 1.807) is 10.7 Å². The van der Waals surface area contributed by atoms with Crippen LogP contribution in [0.15, 0.2) is 30.3 Å². The van der Waals surface area contributed by atoms with E-state index >= 15 is 0 Å². The van der Waals surface area contributed by atoms with Crippen LogP contribution in [0, 0.1) is 6.92 Å². The van der Waals surface area contributed by atoms with Gasteiger partial charge in [-0.2, -0.15) is 5.10 Å². The second-order valence-electron chi connectivity index (χ2n) is 5.83. The molecule has 2 N–H and O–H groups in total. The van der Waals surface area contributed by atoms with Crippen LogP contribution in [0.2, 0.25) is 0 Å². The van der Waals surface area contributed by atoms with Gasteiger partial charge in [0.05, 0.1) is 11.4 Å². The molecule has 0 bridgehead atoms. The summed E-state index contributed by atoms with van der Waals surface area (Å²) in [6.45, 7) is 8.29. The van der Waals surface area contributed by atoms with E-state index in [0.717, 1.165) is 23.4 Å². The van der Waals surface area contributed by atoms with E-state index in [-0.39, 0.29) is 5.41 Å². The van der Waals surface area contributed by atoms with Crippen LogP contribution < -0.4 is 5.32 Å². The Kier molecular flexibility index (Phi) is 4.02. The Morgan fingerprint density at radius 1 is 1.33 bits per heavy atom. The predicted octanol–water partition coefficient (Wildman–Crippen LogP) is 3.96.